The van der Waals surface area contributed by atoms with Gasteiger partial charge in [-0.25, -0.2) is 0 Å². The third kappa shape index (κ3) is 5.59. The minimum atomic E-state index is -4.62. The number of hydrogen-bond donors (Lipinski definition) is 2. The van der Waals surface area contributed by atoms with Gasteiger partial charge in [-0.3, -0.25) is 4.72 Å². The van der Waals surface area contributed by atoms with Gasteiger partial charge in [-0.15, -0.1) is 0 Å². The normalized spacial score (nSPS) is 12.5. The highest BCUT2D eigenvalue weighted by molar-refractivity contribution is 14.1. The molecule has 10 heteroatoms. The number of anilines is 1. The molecule has 1 rings (SSSR count). The summed E-state index contributed by atoms with van der Waals surface area (Å²) in [5, 5.41) is 0.0966. The van der Waals surface area contributed by atoms with Crippen LogP contribution < -0.4 is 9.44 Å². The Labute approximate surface area is 120 Å². The van der Waals surface area contributed by atoms with E-state index < -0.39 is 22.9 Å². The second-order valence-corrected chi connectivity index (χ2v) is 6.32. The summed E-state index contributed by atoms with van der Waals surface area (Å²) in [6.07, 6.45) is -4.62. The molecule has 2 N–H and O–H groups in total. The van der Waals surface area contributed by atoms with Gasteiger partial charge in [0.2, 0.25) is 0 Å². The second-order valence-electron chi connectivity index (χ2n) is 3.17. The Kier molecular flexibility index (Phi) is 5.09. The van der Waals surface area contributed by atoms with Crippen LogP contribution in [0.4, 0.5) is 18.9 Å². The summed E-state index contributed by atoms with van der Waals surface area (Å²) in [5.74, 6) is 0. The van der Waals surface area contributed by atoms with Crippen LogP contribution in [0.5, 0.6) is 0 Å². The van der Waals surface area contributed by atoms with Crippen molar-refractivity contribution in [2.45, 2.75) is 6.18 Å². The topological polar surface area (TPSA) is 58.2 Å². The molecule has 0 spiro atoms. The van der Waals surface area contributed by atoms with Crippen molar-refractivity contribution in [3.8, 4) is 0 Å². The Morgan fingerprint density at radius 1 is 1.33 bits per heavy atom. The van der Waals surface area contributed by atoms with Crippen LogP contribution in [0.15, 0.2) is 18.2 Å². The molecule has 0 aromatic heterocycles. The molecule has 0 saturated heterocycles. The quantitative estimate of drug-likeness (QED) is 0.745. The molecule has 0 unspecified atom stereocenters. The molecule has 0 aliphatic rings. The molecule has 0 radical (unpaired) electrons. The van der Waals surface area contributed by atoms with Gasteiger partial charge in [0.1, 0.15) is 6.54 Å². The van der Waals surface area contributed by atoms with Crippen molar-refractivity contribution in [2.75, 3.05) is 11.3 Å². The van der Waals surface area contributed by atoms with Crippen molar-refractivity contribution < 1.29 is 21.6 Å². The summed E-state index contributed by atoms with van der Waals surface area (Å²) < 4.78 is 62.3. The van der Waals surface area contributed by atoms with E-state index in [0.717, 1.165) is 3.57 Å². The van der Waals surface area contributed by atoms with E-state index in [1.807, 2.05) is 27.3 Å². The molecule has 1 aromatic rings. The lowest BCUT2D eigenvalue weighted by Gasteiger charge is -2.12. The van der Waals surface area contributed by atoms with Crippen molar-refractivity contribution in [3.63, 3.8) is 0 Å². The molecule has 0 fully saturated rings. The van der Waals surface area contributed by atoms with E-state index in [2.05, 4.69) is 0 Å². The van der Waals surface area contributed by atoms with E-state index in [1.54, 1.807) is 6.07 Å². The van der Waals surface area contributed by atoms with E-state index in [-0.39, 0.29) is 10.7 Å². The molecule has 102 valence electrons. The number of hydrogen-bond acceptors (Lipinski definition) is 2. The minimum absolute atomic E-state index is 0.00626. The lowest BCUT2D eigenvalue weighted by molar-refractivity contribution is -0.121. The van der Waals surface area contributed by atoms with Crippen LogP contribution in [-0.4, -0.2) is 21.1 Å². The first kappa shape index (κ1) is 15.8. The smallest absolute Gasteiger partial charge is 0.270 e. The van der Waals surface area contributed by atoms with Crippen LogP contribution in [0, 0.1) is 3.57 Å². The summed E-state index contributed by atoms with van der Waals surface area (Å²) in [6, 6.07) is 4.40. The van der Waals surface area contributed by atoms with Crippen LogP contribution >= 0.6 is 34.2 Å². The molecule has 0 atom stereocenters. The summed E-state index contributed by atoms with van der Waals surface area (Å²) in [7, 11) is -4.31. The Hall–Kier alpha value is -0.260. The summed E-state index contributed by atoms with van der Waals surface area (Å²) in [6.45, 7) is -1.65. The SMILES string of the molecule is O=S(=O)(NCC(F)(F)F)Nc1ccc(I)cc1Cl. The van der Waals surface area contributed by atoms with Crippen LogP contribution in [0.2, 0.25) is 5.02 Å². The van der Waals surface area contributed by atoms with Crippen LogP contribution in [-0.2, 0) is 10.2 Å². The molecular formula is C8H7ClF3IN2O2S. The van der Waals surface area contributed by atoms with Gasteiger partial charge >= 0.3 is 6.18 Å². The predicted molar refractivity (Wildman–Crippen MR) is 70.8 cm³/mol. The fourth-order valence-corrected chi connectivity index (χ4v) is 2.78. The highest BCUT2D eigenvalue weighted by Gasteiger charge is 2.29. The van der Waals surface area contributed by atoms with E-state index in [1.165, 1.54) is 16.9 Å². The Morgan fingerprint density at radius 2 is 1.94 bits per heavy atom. The van der Waals surface area contributed by atoms with Crippen molar-refractivity contribution in [2.24, 2.45) is 0 Å². The zero-order valence-corrected chi connectivity index (χ0v) is 12.3. The first-order chi connectivity index (χ1) is 8.09. The van der Waals surface area contributed by atoms with Crippen LogP contribution in [0.3, 0.4) is 0 Å². The average Bonchev–Trinajstić information content (AvgIpc) is 2.19. The molecule has 0 aliphatic heterocycles. The van der Waals surface area contributed by atoms with Crippen LogP contribution in [0.25, 0.3) is 0 Å². The summed E-state index contributed by atoms with van der Waals surface area (Å²) in [4.78, 5) is 0. The molecule has 4 nitrogen and oxygen atoms in total. The average molecular weight is 415 g/mol. The zero-order chi connectivity index (χ0) is 14.0. The van der Waals surface area contributed by atoms with Gasteiger partial charge in [-0.2, -0.15) is 26.3 Å². The fourth-order valence-electron chi connectivity index (χ4n) is 0.930. The third-order valence-corrected chi connectivity index (χ3v) is 3.63. The monoisotopic (exact) mass is 414 g/mol. The van der Waals surface area contributed by atoms with Gasteiger partial charge in [0, 0.05) is 3.57 Å². The maximum Gasteiger partial charge on any atom is 0.402 e. The number of alkyl halides is 3. The molecule has 18 heavy (non-hydrogen) atoms. The molecule has 0 bridgehead atoms. The summed E-state index contributed by atoms with van der Waals surface area (Å²) in [5.41, 5.74) is 0.00626. The number of halogens is 5. The van der Waals surface area contributed by atoms with Crippen molar-refractivity contribution in [1.29, 1.82) is 0 Å². The lowest BCUT2D eigenvalue weighted by atomic mass is 10.3. The molecular weight excluding hydrogens is 408 g/mol. The van der Waals surface area contributed by atoms with Gasteiger partial charge in [0.05, 0.1) is 10.7 Å². The first-order valence-electron chi connectivity index (χ1n) is 4.38. The molecule has 0 amide bonds. The predicted octanol–water partition coefficient (Wildman–Crippen LogP) is 2.75. The number of rotatable bonds is 4. The highest BCUT2D eigenvalue weighted by atomic mass is 127. The maximum absolute atomic E-state index is 11.9. The fraction of sp³-hybridized carbons (Fsp3) is 0.250. The molecule has 0 aliphatic carbocycles. The van der Waals surface area contributed by atoms with Gasteiger partial charge in [-0.05, 0) is 40.8 Å². The van der Waals surface area contributed by atoms with Gasteiger partial charge in [-0.1, -0.05) is 11.6 Å². The van der Waals surface area contributed by atoms with E-state index in [9.17, 15) is 21.6 Å². The number of benzene rings is 1. The molecule has 1 aromatic carbocycles. The first-order valence-corrected chi connectivity index (χ1v) is 7.32. The van der Waals surface area contributed by atoms with E-state index in [0.29, 0.717) is 0 Å². The maximum atomic E-state index is 11.9. The highest BCUT2D eigenvalue weighted by Crippen LogP contribution is 2.24. The Balaban J connectivity index is 2.77. The van der Waals surface area contributed by atoms with Crippen molar-refractivity contribution in [1.82, 2.24) is 4.72 Å². The second kappa shape index (κ2) is 5.80. The minimum Gasteiger partial charge on any atom is -0.270 e. The van der Waals surface area contributed by atoms with Crippen molar-refractivity contribution >= 4 is 50.1 Å². The Morgan fingerprint density at radius 3 is 2.44 bits per heavy atom. The molecule has 0 heterocycles. The largest absolute Gasteiger partial charge is 0.402 e. The van der Waals surface area contributed by atoms with E-state index in [4.69, 9.17) is 11.6 Å². The van der Waals surface area contributed by atoms with Gasteiger partial charge in [0.15, 0.2) is 0 Å². The standard InChI is InChI=1S/C8H7ClF3IN2O2S/c9-6-3-5(13)1-2-7(6)15-18(16,17)14-4-8(10,11)12/h1-3,14-15H,4H2. The lowest BCUT2D eigenvalue weighted by Crippen LogP contribution is -2.37. The van der Waals surface area contributed by atoms with Crippen LogP contribution in [0.1, 0.15) is 0 Å². The number of nitrogens with one attached hydrogen (secondary N) is 2. The third-order valence-electron chi connectivity index (χ3n) is 1.64. The van der Waals surface area contributed by atoms with Crippen molar-refractivity contribution in [3.05, 3.63) is 26.8 Å². The van der Waals surface area contributed by atoms with Gasteiger partial charge in [0.25, 0.3) is 10.2 Å². The summed E-state index contributed by atoms with van der Waals surface area (Å²) >= 11 is 7.70. The zero-order valence-electron chi connectivity index (χ0n) is 8.55. The van der Waals surface area contributed by atoms with E-state index >= 15 is 0 Å². The molecule has 0 saturated carbocycles. The Bertz CT molecular complexity index is 536. The van der Waals surface area contributed by atoms with Gasteiger partial charge < -0.3 is 0 Å².